The molecule has 27 heavy (non-hydrogen) atoms. The van der Waals surface area contributed by atoms with Crippen LogP contribution in [0.5, 0.6) is 11.5 Å². The smallest absolute Gasteiger partial charge is 0.344 e. The first-order chi connectivity index (χ1) is 12.9. The van der Waals surface area contributed by atoms with Crippen molar-refractivity contribution >= 4 is 17.8 Å². The summed E-state index contributed by atoms with van der Waals surface area (Å²) in [5.41, 5.74) is -1.18. The Kier molecular flexibility index (Phi) is 6.30. The molecule has 0 aromatic heterocycles. The Hall–Kier alpha value is -2.77. The fourth-order valence-electron chi connectivity index (χ4n) is 3.25. The van der Waals surface area contributed by atoms with Gasteiger partial charge in [0.15, 0.2) is 0 Å². The number of hydrogen-bond acceptors (Lipinski definition) is 7. The first kappa shape index (κ1) is 20.5. The molecule has 0 aliphatic carbocycles. The van der Waals surface area contributed by atoms with Gasteiger partial charge in [-0.1, -0.05) is 6.92 Å². The topological polar surface area (TPSA) is 91.4 Å². The highest BCUT2D eigenvalue weighted by Gasteiger charge is 2.70. The van der Waals surface area contributed by atoms with Gasteiger partial charge in [0, 0.05) is 11.6 Å². The van der Waals surface area contributed by atoms with Crippen LogP contribution in [0.15, 0.2) is 18.2 Å². The van der Waals surface area contributed by atoms with E-state index in [0.717, 1.165) is 0 Å². The van der Waals surface area contributed by atoms with Gasteiger partial charge in [0.05, 0.1) is 39.9 Å². The van der Waals surface area contributed by atoms with Crippen molar-refractivity contribution < 1.29 is 33.3 Å². The summed E-state index contributed by atoms with van der Waals surface area (Å²) in [4.78, 5) is 39.2. The van der Waals surface area contributed by atoms with Gasteiger partial charge < -0.3 is 23.8 Å². The van der Waals surface area contributed by atoms with Crippen LogP contribution < -0.4 is 9.47 Å². The van der Waals surface area contributed by atoms with Crippen LogP contribution in [0.25, 0.3) is 0 Å². The minimum atomic E-state index is -1.80. The van der Waals surface area contributed by atoms with Gasteiger partial charge in [0.25, 0.3) is 0 Å². The first-order valence-electron chi connectivity index (χ1n) is 8.75. The van der Waals surface area contributed by atoms with Gasteiger partial charge in [0.1, 0.15) is 11.5 Å². The van der Waals surface area contributed by atoms with E-state index >= 15 is 0 Å². The van der Waals surface area contributed by atoms with Gasteiger partial charge in [-0.3, -0.25) is 4.79 Å². The van der Waals surface area contributed by atoms with E-state index in [-0.39, 0.29) is 25.7 Å². The molecule has 2 rings (SSSR count). The highest BCUT2D eigenvalue weighted by atomic mass is 16.6. The van der Waals surface area contributed by atoms with E-state index in [1.807, 2.05) is 0 Å². The molecule has 0 spiro atoms. The quantitative estimate of drug-likeness (QED) is 0.384. The molecule has 1 aliphatic rings. The number of hydrogen-bond donors (Lipinski definition) is 0. The number of amides is 1. The van der Waals surface area contributed by atoms with Crippen LogP contribution in [0.4, 0.5) is 0 Å². The van der Waals surface area contributed by atoms with E-state index in [2.05, 4.69) is 0 Å². The van der Waals surface area contributed by atoms with Crippen molar-refractivity contribution in [2.45, 2.75) is 32.9 Å². The number of carbonyl (C=O) groups is 3. The number of likely N-dealkylation sites (tertiary alicyclic amines) is 1. The van der Waals surface area contributed by atoms with Gasteiger partial charge in [-0.05, 0) is 26.0 Å². The van der Waals surface area contributed by atoms with Crippen molar-refractivity contribution in [1.82, 2.24) is 4.90 Å². The maximum absolute atomic E-state index is 12.7. The fraction of sp³-hybridized carbons (Fsp3) is 0.526. The van der Waals surface area contributed by atoms with E-state index in [4.69, 9.17) is 18.9 Å². The number of methoxy groups -OCH3 is 2. The van der Waals surface area contributed by atoms with Crippen LogP contribution >= 0.6 is 0 Å². The van der Waals surface area contributed by atoms with Crippen LogP contribution in [0.2, 0.25) is 0 Å². The molecule has 0 bridgehead atoms. The summed E-state index contributed by atoms with van der Waals surface area (Å²) in [5.74, 6) is -1.73. The molecular formula is C19H25NO7. The second-order valence-corrected chi connectivity index (χ2v) is 6.03. The predicted molar refractivity (Wildman–Crippen MR) is 95.3 cm³/mol. The number of ether oxygens (including phenoxy) is 4. The Morgan fingerprint density at radius 3 is 2.15 bits per heavy atom. The van der Waals surface area contributed by atoms with Crippen LogP contribution in [-0.4, -0.2) is 55.7 Å². The number of benzene rings is 1. The van der Waals surface area contributed by atoms with Crippen LogP contribution in [-0.2, 0) is 30.4 Å². The number of β-lactam (4-membered cyclic amide) rings is 1. The number of esters is 2. The molecule has 8 heteroatoms. The maximum atomic E-state index is 12.7. The Morgan fingerprint density at radius 1 is 1.07 bits per heavy atom. The third kappa shape index (κ3) is 3.31. The first-order valence-corrected chi connectivity index (χ1v) is 8.75. The highest BCUT2D eigenvalue weighted by molar-refractivity contribution is 6.16. The molecule has 0 saturated carbocycles. The zero-order valence-electron chi connectivity index (χ0n) is 16.2. The molecule has 1 amide bonds. The third-order valence-corrected chi connectivity index (χ3v) is 4.68. The summed E-state index contributed by atoms with van der Waals surface area (Å²) in [7, 11) is 3.02. The minimum absolute atomic E-state index is 0.00598. The third-order valence-electron chi connectivity index (χ3n) is 4.68. The molecule has 1 aromatic carbocycles. The van der Waals surface area contributed by atoms with Crippen molar-refractivity contribution in [2.75, 3.05) is 27.4 Å². The van der Waals surface area contributed by atoms with Crippen molar-refractivity contribution in [3.63, 3.8) is 0 Å². The molecule has 1 atom stereocenters. The van der Waals surface area contributed by atoms with Gasteiger partial charge in [-0.2, -0.15) is 0 Å². The lowest BCUT2D eigenvalue weighted by Crippen LogP contribution is -2.77. The Morgan fingerprint density at radius 2 is 1.67 bits per heavy atom. The van der Waals surface area contributed by atoms with Crippen molar-refractivity contribution in [3.8, 4) is 11.5 Å². The largest absolute Gasteiger partial charge is 0.497 e. The molecule has 1 unspecified atom stereocenters. The summed E-state index contributed by atoms with van der Waals surface area (Å²) in [6, 6.07) is 5.09. The van der Waals surface area contributed by atoms with Crippen molar-refractivity contribution in [3.05, 3.63) is 23.8 Å². The number of rotatable bonds is 8. The Labute approximate surface area is 158 Å². The second-order valence-electron chi connectivity index (χ2n) is 6.03. The molecule has 8 nitrogen and oxygen atoms in total. The van der Waals surface area contributed by atoms with E-state index in [0.29, 0.717) is 17.1 Å². The number of nitrogens with zero attached hydrogens (tertiary/aromatic N) is 1. The highest BCUT2D eigenvalue weighted by Crippen LogP contribution is 2.42. The molecule has 1 aliphatic heterocycles. The normalized spacial score (nSPS) is 17.7. The zero-order chi connectivity index (χ0) is 20.2. The second kappa shape index (κ2) is 8.28. The van der Waals surface area contributed by atoms with Gasteiger partial charge in [-0.15, -0.1) is 0 Å². The Bertz CT molecular complexity index is 713. The molecule has 1 aromatic rings. The summed E-state index contributed by atoms with van der Waals surface area (Å²) >= 11 is 0. The summed E-state index contributed by atoms with van der Waals surface area (Å²) in [6.07, 6.45) is 0. The van der Waals surface area contributed by atoms with Crippen LogP contribution in [0.1, 0.15) is 26.3 Å². The summed E-state index contributed by atoms with van der Waals surface area (Å²) in [6.45, 7) is 4.96. The van der Waals surface area contributed by atoms with Crippen molar-refractivity contribution in [1.29, 1.82) is 0 Å². The Balaban J connectivity index is 2.45. The van der Waals surface area contributed by atoms with Gasteiger partial charge >= 0.3 is 11.9 Å². The minimum Gasteiger partial charge on any atom is -0.497 e. The van der Waals surface area contributed by atoms with Crippen molar-refractivity contribution in [2.24, 2.45) is 5.92 Å². The van der Waals surface area contributed by atoms with Gasteiger partial charge in [0.2, 0.25) is 11.4 Å². The van der Waals surface area contributed by atoms with E-state index < -0.39 is 23.4 Å². The molecule has 148 valence electrons. The molecule has 1 fully saturated rings. The van der Waals surface area contributed by atoms with E-state index in [1.54, 1.807) is 32.0 Å². The average Bonchev–Trinajstić information content (AvgIpc) is 2.67. The van der Waals surface area contributed by atoms with Crippen LogP contribution in [0, 0.1) is 5.92 Å². The van der Waals surface area contributed by atoms with Crippen LogP contribution in [0.3, 0.4) is 0 Å². The van der Waals surface area contributed by atoms with E-state index in [9.17, 15) is 14.4 Å². The zero-order valence-corrected chi connectivity index (χ0v) is 16.2. The monoisotopic (exact) mass is 379 g/mol. The lowest BCUT2D eigenvalue weighted by atomic mass is 9.73. The fourth-order valence-corrected chi connectivity index (χ4v) is 3.25. The van der Waals surface area contributed by atoms with E-state index in [1.165, 1.54) is 26.0 Å². The van der Waals surface area contributed by atoms with Gasteiger partial charge in [-0.25, -0.2) is 9.59 Å². The molecule has 0 N–H and O–H groups in total. The number of carbonyl (C=O) groups excluding carboxylic acids is 3. The molecule has 0 radical (unpaired) electrons. The maximum Gasteiger partial charge on any atom is 0.344 e. The predicted octanol–water partition coefficient (Wildman–Crippen LogP) is 1.55. The lowest BCUT2D eigenvalue weighted by molar-refractivity contribution is -0.203. The SMILES string of the molecule is CCOC(=O)C1(C(=O)OCC)C(C)C(=O)N1Cc1ccc(OC)cc1OC. The molecule has 1 heterocycles. The summed E-state index contributed by atoms with van der Waals surface area (Å²) in [5, 5.41) is 0. The average molecular weight is 379 g/mol. The lowest BCUT2D eigenvalue weighted by Gasteiger charge is -2.51. The molecular weight excluding hydrogens is 354 g/mol. The molecule has 1 saturated heterocycles. The summed E-state index contributed by atoms with van der Waals surface area (Å²) < 4.78 is 20.7. The standard InChI is InChI=1S/C19H25NO7/c1-6-26-17(22)19(18(23)27-7-2)12(3)16(21)20(19)11-13-8-9-14(24-4)10-15(13)25-5/h8-10,12H,6-7,11H2,1-5H3.